The number of hydrogen-bond acceptors (Lipinski definition) is 2. The molecule has 4 heteroatoms. The fourth-order valence-corrected chi connectivity index (χ4v) is 2.13. The van der Waals surface area contributed by atoms with Crippen molar-refractivity contribution < 1.29 is 4.79 Å². The summed E-state index contributed by atoms with van der Waals surface area (Å²) in [6, 6.07) is 8.29. The summed E-state index contributed by atoms with van der Waals surface area (Å²) in [4.78, 5) is 11.1. The molecule has 2 rings (SSSR count). The number of para-hydroxylation sites is 1. The van der Waals surface area contributed by atoms with Crippen molar-refractivity contribution in [3.63, 3.8) is 0 Å². The normalized spacial score (nSPS) is 10.7. The van der Waals surface area contributed by atoms with Gasteiger partial charge in [-0.1, -0.05) is 18.2 Å². The molecule has 0 radical (unpaired) electrons. The molecular weight excluding hydrogens is 232 g/mol. The molecule has 3 nitrogen and oxygen atoms in total. The van der Waals surface area contributed by atoms with E-state index in [2.05, 4.69) is 40.8 Å². The van der Waals surface area contributed by atoms with Crippen molar-refractivity contribution in [2.24, 2.45) is 7.05 Å². The first kappa shape index (κ1) is 12.0. The van der Waals surface area contributed by atoms with Crippen LogP contribution in [0, 0.1) is 0 Å². The molecule has 0 saturated carbocycles. The number of aromatic nitrogens is 1. The Balaban J connectivity index is 2.11. The van der Waals surface area contributed by atoms with E-state index in [0.29, 0.717) is 6.54 Å². The molecule has 0 unspecified atom stereocenters. The minimum absolute atomic E-state index is 0.0198. The van der Waals surface area contributed by atoms with Crippen LogP contribution in [0.1, 0.15) is 5.56 Å². The van der Waals surface area contributed by atoms with E-state index >= 15 is 0 Å². The Morgan fingerprint density at radius 3 is 2.94 bits per heavy atom. The van der Waals surface area contributed by atoms with E-state index in [1.54, 1.807) is 0 Å². The standard InChI is InChI=1S/C13H16N2OS/c1-15-8-10(6-7-14-13(16)9-17)11-4-2-3-5-12(11)15/h2-5,8,17H,6-7,9H2,1H3,(H,14,16). The number of thiol groups is 1. The molecule has 0 atom stereocenters. The van der Waals surface area contributed by atoms with Gasteiger partial charge in [0.15, 0.2) is 0 Å². The van der Waals surface area contributed by atoms with Gasteiger partial charge in [-0.3, -0.25) is 4.79 Å². The molecule has 0 bridgehead atoms. The number of amides is 1. The third-order valence-electron chi connectivity index (χ3n) is 2.84. The molecule has 1 aromatic carbocycles. The van der Waals surface area contributed by atoms with Crippen LogP contribution in [0.2, 0.25) is 0 Å². The maximum atomic E-state index is 11.1. The lowest BCUT2D eigenvalue weighted by Crippen LogP contribution is -2.26. The van der Waals surface area contributed by atoms with E-state index in [0.717, 1.165) is 6.42 Å². The Hall–Kier alpha value is -1.42. The van der Waals surface area contributed by atoms with Gasteiger partial charge in [0.1, 0.15) is 0 Å². The average molecular weight is 248 g/mol. The Bertz CT molecular complexity index is 533. The topological polar surface area (TPSA) is 34.0 Å². The first-order chi connectivity index (χ1) is 8.22. The van der Waals surface area contributed by atoms with Crippen molar-refractivity contribution in [2.45, 2.75) is 6.42 Å². The van der Waals surface area contributed by atoms with Crippen LogP contribution in [0.5, 0.6) is 0 Å². The molecule has 0 fully saturated rings. The SMILES string of the molecule is Cn1cc(CCNC(=O)CS)c2ccccc21. The summed E-state index contributed by atoms with van der Waals surface area (Å²) in [5, 5.41) is 4.09. The van der Waals surface area contributed by atoms with E-state index in [1.165, 1.54) is 16.5 Å². The minimum Gasteiger partial charge on any atom is -0.355 e. The van der Waals surface area contributed by atoms with Crippen molar-refractivity contribution in [1.29, 1.82) is 0 Å². The number of nitrogens with one attached hydrogen (secondary N) is 1. The lowest BCUT2D eigenvalue weighted by Gasteiger charge is -2.02. The summed E-state index contributed by atoms with van der Waals surface area (Å²) < 4.78 is 2.12. The van der Waals surface area contributed by atoms with Gasteiger partial charge in [-0.25, -0.2) is 0 Å². The van der Waals surface area contributed by atoms with Crippen LogP contribution in [-0.4, -0.2) is 22.8 Å². The predicted octanol–water partition coefficient (Wildman–Crippen LogP) is 1.77. The van der Waals surface area contributed by atoms with E-state index in [4.69, 9.17) is 0 Å². The van der Waals surface area contributed by atoms with Crippen LogP contribution in [0.15, 0.2) is 30.5 Å². The highest BCUT2D eigenvalue weighted by atomic mass is 32.1. The minimum atomic E-state index is -0.0198. The molecular formula is C13H16N2OS. The van der Waals surface area contributed by atoms with Gasteiger partial charge < -0.3 is 9.88 Å². The second-order valence-corrected chi connectivity index (χ2v) is 4.36. The van der Waals surface area contributed by atoms with Crippen molar-refractivity contribution in [3.05, 3.63) is 36.0 Å². The molecule has 0 spiro atoms. The Labute approximate surface area is 106 Å². The van der Waals surface area contributed by atoms with Crippen molar-refractivity contribution in [3.8, 4) is 0 Å². The van der Waals surface area contributed by atoms with Crippen LogP contribution in [-0.2, 0) is 18.3 Å². The zero-order valence-electron chi connectivity index (χ0n) is 9.81. The average Bonchev–Trinajstić information content (AvgIpc) is 2.67. The van der Waals surface area contributed by atoms with Crippen molar-refractivity contribution in [2.75, 3.05) is 12.3 Å². The van der Waals surface area contributed by atoms with Gasteiger partial charge in [-0.2, -0.15) is 12.6 Å². The second-order valence-electron chi connectivity index (χ2n) is 4.04. The largest absolute Gasteiger partial charge is 0.355 e. The van der Waals surface area contributed by atoms with Crippen molar-refractivity contribution in [1.82, 2.24) is 9.88 Å². The van der Waals surface area contributed by atoms with Crippen LogP contribution in [0.3, 0.4) is 0 Å². The van der Waals surface area contributed by atoms with Gasteiger partial charge in [0.2, 0.25) is 5.91 Å². The van der Waals surface area contributed by atoms with Crippen LogP contribution in [0.25, 0.3) is 10.9 Å². The maximum Gasteiger partial charge on any atom is 0.229 e. The summed E-state index contributed by atoms with van der Waals surface area (Å²) in [6.07, 6.45) is 2.97. The number of aryl methyl sites for hydroxylation is 1. The third-order valence-corrected chi connectivity index (χ3v) is 3.13. The number of nitrogens with zero attached hydrogens (tertiary/aromatic N) is 1. The van der Waals surface area contributed by atoms with Gasteiger partial charge in [0.05, 0.1) is 5.75 Å². The number of rotatable bonds is 4. The van der Waals surface area contributed by atoms with Crippen LogP contribution >= 0.6 is 12.6 Å². The Kier molecular flexibility index (Phi) is 3.74. The fraction of sp³-hybridized carbons (Fsp3) is 0.308. The lowest BCUT2D eigenvalue weighted by atomic mass is 10.1. The van der Waals surface area contributed by atoms with Crippen LogP contribution < -0.4 is 5.32 Å². The molecule has 0 aliphatic carbocycles. The highest BCUT2D eigenvalue weighted by Crippen LogP contribution is 2.20. The Morgan fingerprint density at radius 1 is 1.41 bits per heavy atom. The summed E-state index contributed by atoms with van der Waals surface area (Å²) in [5.74, 6) is 0.226. The van der Waals surface area contributed by atoms with Gasteiger partial charge in [0.25, 0.3) is 0 Å². The highest BCUT2D eigenvalue weighted by molar-refractivity contribution is 7.81. The third kappa shape index (κ3) is 2.64. The molecule has 0 aliphatic heterocycles. The van der Waals surface area contributed by atoms with Crippen LogP contribution in [0.4, 0.5) is 0 Å². The van der Waals surface area contributed by atoms with Gasteiger partial charge in [0, 0.05) is 30.7 Å². The Morgan fingerprint density at radius 2 is 2.18 bits per heavy atom. The molecule has 0 aliphatic rings. The summed E-state index contributed by atoms with van der Waals surface area (Å²) in [6.45, 7) is 0.660. The monoisotopic (exact) mass is 248 g/mol. The summed E-state index contributed by atoms with van der Waals surface area (Å²) in [7, 11) is 2.04. The number of hydrogen-bond donors (Lipinski definition) is 2. The molecule has 1 aromatic heterocycles. The fourth-order valence-electron chi connectivity index (χ4n) is 2.02. The zero-order valence-corrected chi connectivity index (χ0v) is 10.7. The maximum absolute atomic E-state index is 11.1. The molecule has 1 amide bonds. The molecule has 2 aromatic rings. The first-order valence-electron chi connectivity index (χ1n) is 5.63. The number of carbonyl (C=O) groups is 1. The van der Waals surface area contributed by atoms with Gasteiger partial charge >= 0.3 is 0 Å². The molecule has 0 saturated heterocycles. The second kappa shape index (κ2) is 5.27. The number of benzene rings is 1. The van der Waals surface area contributed by atoms with Gasteiger partial charge in [-0.05, 0) is 18.1 Å². The lowest BCUT2D eigenvalue weighted by molar-refractivity contribution is -0.118. The van der Waals surface area contributed by atoms with Crippen molar-refractivity contribution >= 4 is 29.4 Å². The molecule has 17 heavy (non-hydrogen) atoms. The number of carbonyl (C=O) groups excluding carboxylic acids is 1. The summed E-state index contributed by atoms with van der Waals surface area (Å²) >= 11 is 3.92. The highest BCUT2D eigenvalue weighted by Gasteiger charge is 2.05. The number of fused-ring (bicyclic) bond motifs is 1. The molecule has 1 N–H and O–H groups in total. The van der Waals surface area contributed by atoms with E-state index < -0.39 is 0 Å². The van der Waals surface area contributed by atoms with Gasteiger partial charge in [-0.15, -0.1) is 0 Å². The van der Waals surface area contributed by atoms with E-state index in [-0.39, 0.29) is 11.7 Å². The van der Waals surface area contributed by atoms with E-state index in [9.17, 15) is 4.79 Å². The first-order valence-corrected chi connectivity index (χ1v) is 6.26. The predicted molar refractivity (Wildman–Crippen MR) is 73.5 cm³/mol. The molecule has 1 heterocycles. The van der Waals surface area contributed by atoms with E-state index in [1.807, 2.05) is 19.2 Å². The molecule has 90 valence electrons. The summed E-state index contributed by atoms with van der Waals surface area (Å²) in [5.41, 5.74) is 2.49. The quantitative estimate of drug-likeness (QED) is 0.794. The zero-order chi connectivity index (χ0) is 12.3. The smallest absolute Gasteiger partial charge is 0.229 e.